The molecule has 3 nitrogen and oxygen atoms in total. The van der Waals surface area contributed by atoms with Crippen LogP contribution in [0.2, 0.25) is 0 Å². The molecule has 2 aromatic carbocycles. The first-order valence-electron chi connectivity index (χ1n) is 9.21. The second-order valence-electron chi connectivity index (χ2n) is 7.00. The van der Waals surface area contributed by atoms with Gasteiger partial charge in [0.2, 0.25) is 0 Å². The summed E-state index contributed by atoms with van der Waals surface area (Å²) in [6.45, 7) is 8.57. The Morgan fingerprint density at radius 3 is 2.15 bits per heavy atom. The first kappa shape index (κ1) is 17.6. The zero-order valence-electron chi connectivity index (χ0n) is 15.2. The third-order valence-corrected chi connectivity index (χ3v) is 6.67. The number of fused-ring (bicyclic) bond motifs is 1. The van der Waals surface area contributed by atoms with Gasteiger partial charge in [0, 0.05) is 32.2 Å². The maximum Gasteiger partial charge on any atom is 0.123 e. The van der Waals surface area contributed by atoms with Crippen molar-refractivity contribution in [3.63, 3.8) is 0 Å². The van der Waals surface area contributed by atoms with Crippen LogP contribution in [0.1, 0.15) is 36.5 Å². The van der Waals surface area contributed by atoms with Crippen LogP contribution in [0.15, 0.2) is 48.5 Å². The molecule has 1 aliphatic rings. The fourth-order valence-corrected chi connectivity index (χ4v) is 4.74. The van der Waals surface area contributed by atoms with Crippen LogP contribution >= 0.6 is 11.3 Å². The molecule has 0 N–H and O–H groups in total. The van der Waals surface area contributed by atoms with E-state index in [1.807, 2.05) is 18.2 Å². The molecule has 136 valence electrons. The molecule has 0 spiro atoms. The highest BCUT2D eigenvalue weighted by molar-refractivity contribution is 7.18. The van der Waals surface area contributed by atoms with Gasteiger partial charge in [-0.1, -0.05) is 24.3 Å². The molecule has 2 atom stereocenters. The van der Waals surface area contributed by atoms with Crippen LogP contribution in [0.5, 0.6) is 0 Å². The molecule has 2 heterocycles. The van der Waals surface area contributed by atoms with E-state index in [1.54, 1.807) is 23.5 Å². The smallest absolute Gasteiger partial charge is 0.123 e. The Balaban J connectivity index is 1.40. The average Bonchev–Trinajstić information content (AvgIpc) is 3.12. The molecule has 0 radical (unpaired) electrons. The van der Waals surface area contributed by atoms with Gasteiger partial charge in [-0.25, -0.2) is 9.37 Å². The highest BCUT2D eigenvalue weighted by Crippen LogP contribution is 2.31. The molecule has 1 aliphatic heterocycles. The van der Waals surface area contributed by atoms with E-state index in [1.165, 1.54) is 15.3 Å². The van der Waals surface area contributed by atoms with Gasteiger partial charge in [-0.15, -0.1) is 11.3 Å². The number of thiazole rings is 1. The summed E-state index contributed by atoms with van der Waals surface area (Å²) in [5.41, 5.74) is 2.28. The first-order chi connectivity index (χ1) is 12.6. The number of para-hydroxylation sites is 1. The van der Waals surface area contributed by atoms with E-state index in [0.29, 0.717) is 12.1 Å². The number of nitrogens with zero attached hydrogens (tertiary/aromatic N) is 3. The van der Waals surface area contributed by atoms with E-state index >= 15 is 0 Å². The van der Waals surface area contributed by atoms with E-state index in [9.17, 15) is 4.39 Å². The Morgan fingerprint density at radius 2 is 1.50 bits per heavy atom. The van der Waals surface area contributed by atoms with Crippen LogP contribution < -0.4 is 0 Å². The van der Waals surface area contributed by atoms with Gasteiger partial charge in [-0.05, 0) is 43.7 Å². The highest BCUT2D eigenvalue weighted by atomic mass is 32.1. The van der Waals surface area contributed by atoms with Crippen molar-refractivity contribution in [3.8, 4) is 0 Å². The van der Waals surface area contributed by atoms with Crippen molar-refractivity contribution in [3.05, 3.63) is 64.9 Å². The largest absolute Gasteiger partial charge is 0.294 e. The summed E-state index contributed by atoms with van der Waals surface area (Å²) in [5, 5.41) is 1.20. The van der Waals surface area contributed by atoms with Crippen molar-refractivity contribution in [2.75, 3.05) is 26.2 Å². The fraction of sp³-hybridized carbons (Fsp3) is 0.381. The molecular weight excluding hydrogens is 345 g/mol. The summed E-state index contributed by atoms with van der Waals surface area (Å²) in [4.78, 5) is 9.83. The molecule has 1 saturated heterocycles. The zero-order valence-corrected chi connectivity index (χ0v) is 16.0. The predicted octanol–water partition coefficient (Wildman–Crippen LogP) is 4.88. The number of hydrogen-bond donors (Lipinski definition) is 0. The van der Waals surface area contributed by atoms with E-state index in [4.69, 9.17) is 4.98 Å². The summed E-state index contributed by atoms with van der Waals surface area (Å²) in [7, 11) is 0. The lowest BCUT2D eigenvalue weighted by atomic mass is 10.1. The lowest BCUT2D eigenvalue weighted by molar-refractivity contribution is 0.0782. The molecule has 4 rings (SSSR count). The van der Waals surface area contributed by atoms with Crippen LogP contribution in [-0.4, -0.2) is 41.0 Å². The summed E-state index contributed by atoms with van der Waals surface area (Å²) >= 11 is 1.80. The number of aromatic nitrogens is 1. The summed E-state index contributed by atoms with van der Waals surface area (Å²) < 4.78 is 14.4. The van der Waals surface area contributed by atoms with Crippen molar-refractivity contribution in [2.24, 2.45) is 0 Å². The molecule has 1 aromatic heterocycles. The Bertz CT molecular complexity index is 835. The minimum atomic E-state index is -0.171. The lowest BCUT2D eigenvalue weighted by Crippen LogP contribution is -2.47. The van der Waals surface area contributed by atoms with Crippen LogP contribution in [0.4, 0.5) is 4.39 Å². The predicted molar refractivity (Wildman–Crippen MR) is 106 cm³/mol. The third kappa shape index (κ3) is 3.52. The molecule has 1 fully saturated rings. The Hall–Kier alpha value is -1.82. The summed E-state index contributed by atoms with van der Waals surface area (Å²) in [6, 6.07) is 15.9. The maximum atomic E-state index is 13.1. The Morgan fingerprint density at radius 1 is 0.885 bits per heavy atom. The number of benzene rings is 2. The van der Waals surface area contributed by atoms with Crippen molar-refractivity contribution in [2.45, 2.75) is 25.9 Å². The number of halogens is 1. The molecule has 3 aromatic rings. The van der Waals surface area contributed by atoms with E-state index in [0.717, 1.165) is 31.7 Å². The molecule has 0 bridgehead atoms. The standard InChI is InChI=1S/C21H24FN3S/c1-15(17-7-9-18(22)10-8-17)24-11-13-25(14-12-24)16(2)21-23-19-5-3-4-6-20(19)26-21/h3-10,15-16H,11-14H2,1-2H3. The molecular formula is C21H24FN3S. The summed E-state index contributed by atoms with van der Waals surface area (Å²) in [5.74, 6) is -0.171. The molecule has 2 unspecified atom stereocenters. The molecule has 26 heavy (non-hydrogen) atoms. The van der Waals surface area contributed by atoms with Gasteiger partial charge >= 0.3 is 0 Å². The SMILES string of the molecule is CC(c1ccc(F)cc1)N1CCN(C(C)c2nc3ccccc3s2)CC1. The lowest BCUT2D eigenvalue weighted by Gasteiger charge is -2.40. The number of piperazine rings is 1. The quantitative estimate of drug-likeness (QED) is 0.654. The molecule has 5 heteroatoms. The minimum Gasteiger partial charge on any atom is -0.294 e. The van der Waals surface area contributed by atoms with E-state index in [2.05, 4.69) is 41.8 Å². The number of rotatable bonds is 4. The fourth-order valence-electron chi connectivity index (χ4n) is 3.69. The van der Waals surface area contributed by atoms with Crippen molar-refractivity contribution in [1.82, 2.24) is 14.8 Å². The second-order valence-corrected chi connectivity index (χ2v) is 8.06. The van der Waals surface area contributed by atoms with Gasteiger partial charge < -0.3 is 0 Å². The van der Waals surface area contributed by atoms with Crippen molar-refractivity contribution < 1.29 is 4.39 Å². The van der Waals surface area contributed by atoms with Crippen molar-refractivity contribution >= 4 is 21.6 Å². The first-order valence-corrected chi connectivity index (χ1v) is 10.0. The Kier molecular flexibility index (Phi) is 5.02. The van der Waals surface area contributed by atoms with Gasteiger partial charge in [-0.2, -0.15) is 0 Å². The monoisotopic (exact) mass is 369 g/mol. The van der Waals surface area contributed by atoms with Crippen LogP contribution in [0.3, 0.4) is 0 Å². The topological polar surface area (TPSA) is 19.4 Å². The van der Waals surface area contributed by atoms with Crippen LogP contribution in [-0.2, 0) is 0 Å². The summed E-state index contributed by atoms with van der Waals surface area (Å²) in [6.07, 6.45) is 0. The average molecular weight is 370 g/mol. The Labute approximate surface area is 158 Å². The van der Waals surface area contributed by atoms with Gasteiger partial charge in [0.25, 0.3) is 0 Å². The zero-order chi connectivity index (χ0) is 18.1. The van der Waals surface area contributed by atoms with Gasteiger partial charge in [0.1, 0.15) is 10.8 Å². The highest BCUT2D eigenvalue weighted by Gasteiger charge is 2.26. The molecule has 0 saturated carbocycles. The van der Waals surface area contributed by atoms with Crippen molar-refractivity contribution in [1.29, 1.82) is 0 Å². The molecule has 0 amide bonds. The number of hydrogen-bond acceptors (Lipinski definition) is 4. The van der Waals surface area contributed by atoms with Crippen LogP contribution in [0, 0.1) is 5.82 Å². The third-order valence-electron chi connectivity index (χ3n) is 5.46. The van der Waals surface area contributed by atoms with Gasteiger partial charge in [0.05, 0.1) is 16.3 Å². The van der Waals surface area contributed by atoms with Gasteiger partial charge in [-0.3, -0.25) is 9.80 Å². The minimum absolute atomic E-state index is 0.171. The van der Waals surface area contributed by atoms with E-state index < -0.39 is 0 Å². The maximum absolute atomic E-state index is 13.1. The van der Waals surface area contributed by atoms with Gasteiger partial charge in [0.15, 0.2) is 0 Å². The normalized spacial score (nSPS) is 18.9. The molecule has 0 aliphatic carbocycles. The van der Waals surface area contributed by atoms with E-state index in [-0.39, 0.29) is 5.82 Å². The van der Waals surface area contributed by atoms with Crippen LogP contribution in [0.25, 0.3) is 10.2 Å². The second kappa shape index (κ2) is 7.43.